The Morgan fingerprint density at radius 2 is 1.80 bits per heavy atom. The predicted octanol–water partition coefficient (Wildman–Crippen LogP) is 1.46. The number of carboxylic acids is 1. The second-order valence-corrected chi connectivity index (χ2v) is 4.96. The van der Waals surface area contributed by atoms with Crippen molar-refractivity contribution in [2.75, 3.05) is 0 Å². The Balaban J connectivity index is 2.94. The molecular formula is C13H16N2O5. The quantitative estimate of drug-likeness (QED) is 0.626. The largest absolute Gasteiger partial charge is 0.480 e. The molecule has 0 radical (unpaired) electrons. The number of rotatable bonds is 5. The highest BCUT2D eigenvalue weighted by atomic mass is 16.6. The minimum atomic E-state index is -1.13. The highest BCUT2D eigenvalue weighted by molar-refractivity contribution is 5.90. The van der Waals surface area contributed by atoms with E-state index in [9.17, 15) is 19.7 Å². The molecule has 1 aromatic rings. The number of carbonyl (C=O) groups excluding carboxylic acids is 1. The number of nitrogens with one attached hydrogen (secondary N) is 1. The molecule has 0 unspecified atom stereocenters. The first-order valence-electron chi connectivity index (χ1n) is 5.95. The third-order valence-corrected chi connectivity index (χ3v) is 3.09. The first-order valence-corrected chi connectivity index (χ1v) is 5.95. The number of nitro groups is 1. The van der Waals surface area contributed by atoms with Crippen LogP contribution in [0.4, 0.5) is 5.69 Å². The molecule has 108 valence electrons. The number of nitrogens with zero attached hydrogens (tertiary/aromatic N) is 1. The fraction of sp³-hybridized carbons (Fsp3) is 0.385. The van der Waals surface area contributed by atoms with Gasteiger partial charge < -0.3 is 10.4 Å². The van der Waals surface area contributed by atoms with Crippen molar-refractivity contribution in [3.8, 4) is 0 Å². The number of hydrogen-bond acceptors (Lipinski definition) is 4. The number of carboxylic acid groups (broad SMARTS) is 1. The Morgan fingerprint density at radius 3 is 2.20 bits per heavy atom. The summed E-state index contributed by atoms with van der Waals surface area (Å²) in [6.07, 6.45) is 0. The van der Waals surface area contributed by atoms with Crippen molar-refractivity contribution >= 4 is 17.6 Å². The minimum Gasteiger partial charge on any atom is -0.480 e. The van der Waals surface area contributed by atoms with Crippen LogP contribution in [0.1, 0.15) is 26.3 Å². The molecule has 1 atom stereocenters. The molecule has 1 amide bonds. The molecule has 0 fully saturated rings. The van der Waals surface area contributed by atoms with Gasteiger partial charge in [0.25, 0.3) is 5.69 Å². The lowest BCUT2D eigenvalue weighted by atomic mass is 9.83. The van der Waals surface area contributed by atoms with Gasteiger partial charge in [0.1, 0.15) is 6.04 Å². The molecule has 0 saturated heterocycles. The van der Waals surface area contributed by atoms with Gasteiger partial charge in [-0.15, -0.1) is 0 Å². The zero-order valence-electron chi connectivity index (χ0n) is 11.4. The van der Waals surface area contributed by atoms with E-state index in [4.69, 9.17) is 5.11 Å². The van der Waals surface area contributed by atoms with Gasteiger partial charge in [-0.2, -0.15) is 0 Å². The van der Waals surface area contributed by atoms with Gasteiger partial charge in [0.05, 0.1) is 10.3 Å². The Hall–Kier alpha value is -2.44. The minimum absolute atomic E-state index is 0.0659. The summed E-state index contributed by atoms with van der Waals surface area (Å²) in [5.41, 5.74) is -0.485. The van der Waals surface area contributed by atoms with Gasteiger partial charge in [-0.25, -0.2) is 0 Å². The molecule has 0 saturated carbocycles. The van der Waals surface area contributed by atoms with Gasteiger partial charge >= 0.3 is 5.97 Å². The van der Waals surface area contributed by atoms with Gasteiger partial charge in [-0.1, -0.05) is 12.1 Å². The van der Waals surface area contributed by atoms with Gasteiger partial charge in [-0.05, 0) is 26.3 Å². The summed E-state index contributed by atoms with van der Waals surface area (Å²) in [5.74, 6) is -1.58. The SMILES string of the molecule is C[C@H](NC(=O)C(C)(C)c1ccc([N+](=O)[O-])cc1)C(=O)O. The van der Waals surface area contributed by atoms with E-state index in [2.05, 4.69) is 5.32 Å². The standard InChI is InChI=1S/C13H16N2O5/c1-8(11(16)17)14-12(18)13(2,3)9-4-6-10(7-5-9)15(19)20/h4-8H,1-3H3,(H,14,18)(H,16,17)/t8-/m0/s1. The maximum Gasteiger partial charge on any atom is 0.325 e. The summed E-state index contributed by atoms with van der Waals surface area (Å²) in [5, 5.41) is 21.7. The highest BCUT2D eigenvalue weighted by Gasteiger charge is 2.32. The van der Waals surface area contributed by atoms with Crippen LogP contribution in [-0.2, 0) is 15.0 Å². The molecule has 0 spiro atoms. The maximum absolute atomic E-state index is 12.1. The number of non-ortho nitro benzene ring substituents is 1. The second-order valence-electron chi connectivity index (χ2n) is 4.96. The number of aliphatic carboxylic acids is 1. The molecule has 0 aromatic heterocycles. The number of nitro benzene ring substituents is 1. The summed E-state index contributed by atoms with van der Waals surface area (Å²) >= 11 is 0. The molecule has 0 aliphatic heterocycles. The zero-order chi connectivity index (χ0) is 15.5. The third kappa shape index (κ3) is 3.31. The zero-order valence-corrected chi connectivity index (χ0v) is 11.4. The smallest absolute Gasteiger partial charge is 0.325 e. The summed E-state index contributed by atoms with van der Waals surface area (Å²) in [6, 6.07) is 4.60. The maximum atomic E-state index is 12.1. The molecule has 0 aliphatic rings. The first-order chi connectivity index (χ1) is 9.16. The molecule has 1 rings (SSSR count). The Labute approximate surface area is 115 Å². The van der Waals surface area contributed by atoms with Gasteiger partial charge in [0.2, 0.25) is 5.91 Å². The van der Waals surface area contributed by atoms with Crippen molar-refractivity contribution in [2.45, 2.75) is 32.2 Å². The van der Waals surface area contributed by atoms with Crippen LogP contribution >= 0.6 is 0 Å². The van der Waals surface area contributed by atoms with Crippen LogP contribution in [0.2, 0.25) is 0 Å². The van der Waals surface area contributed by atoms with Crippen LogP contribution in [0.15, 0.2) is 24.3 Å². The second kappa shape index (κ2) is 5.68. The normalized spacial score (nSPS) is 12.6. The van der Waals surface area contributed by atoms with Crippen LogP contribution in [0.25, 0.3) is 0 Å². The van der Waals surface area contributed by atoms with Crippen molar-refractivity contribution in [3.05, 3.63) is 39.9 Å². The van der Waals surface area contributed by atoms with E-state index < -0.39 is 28.3 Å². The molecule has 2 N–H and O–H groups in total. The molecular weight excluding hydrogens is 264 g/mol. The van der Waals surface area contributed by atoms with Gasteiger partial charge in [-0.3, -0.25) is 19.7 Å². The van der Waals surface area contributed by atoms with Crippen LogP contribution in [0.3, 0.4) is 0 Å². The molecule has 1 aromatic carbocycles. The van der Waals surface area contributed by atoms with Crippen LogP contribution in [0.5, 0.6) is 0 Å². The van der Waals surface area contributed by atoms with E-state index in [1.54, 1.807) is 13.8 Å². The Morgan fingerprint density at radius 1 is 1.30 bits per heavy atom. The Kier molecular flexibility index (Phi) is 4.44. The van der Waals surface area contributed by atoms with E-state index in [0.29, 0.717) is 5.56 Å². The highest BCUT2D eigenvalue weighted by Crippen LogP contribution is 2.25. The summed E-state index contributed by atoms with van der Waals surface area (Å²) in [7, 11) is 0. The van der Waals surface area contributed by atoms with Crippen molar-refractivity contribution in [1.29, 1.82) is 0 Å². The number of amides is 1. The van der Waals surface area contributed by atoms with E-state index in [1.165, 1.54) is 31.2 Å². The van der Waals surface area contributed by atoms with Crippen LogP contribution in [-0.4, -0.2) is 27.9 Å². The van der Waals surface area contributed by atoms with Crippen LogP contribution < -0.4 is 5.32 Å². The van der Waals surface area contributed by atoms with Crippen molar-refractivity contribution in [2.24, 2.45) is 0 Å². The van der Waals surface area contributed by atoms with E-state index in [1.807, 2.05) is 0 Å². The fourth-order valence-corrected chi connectivity index (χ4v) is 1.57. The third-order valence-electron chi connectivity index (χ3n) is 3.09. The summed E-state index contributed by atoms with van der Waals surface area (Å²) < 4.78 is 0. The molecule has 7 heteroatoms. The average molecular weight is 280 g/mol. The lowest BCUT2D eigenvalue weighted by Crippen LogP contribution is -2.46. The molecule has 0 bridgehead atoms. The summed E-state index contributed by atoms with van der Waals surface area (Å²) in [6.45, 7) is 4.61. The average Bonchev–Trinajstić information content (AvgIpc) is 2.38. The molecule has 0 aliphatic carbocycles. The monoisotopic (exact) mass is 280 g/mol. The number of carbonyl (C=O) groups is 2. The topological polar surface area (TPSA) is 110 Å². The van der Waals surface area contributed by atoms with Gasteiger partial charge in [0.15, 0.2) is 0 Å². The lowest BCUT2D eigenvalue weighted by Gasteiger charge is -2.25. The molecule has 20 heavy (non-hydrogen) atoms. The summed E-state index contributed by atoms with van der Waals surface area (Å²) in [4.78, 5) is 32.9. The predicted molar refractivity (Wildman–Crippen MR) is 71.4 cm³/mol. The fourth-order valence-electron chi connectivity index (χ4n) is 1.57. The van der Waals surface area contributed by atoms with E-state index in [-0.39, 0.29) is 5.69 Å². The van der Waals surface area contributed by atoms with Crippen molar-refractivity contribution in [3.63, 3.8) is 0 Å². The van der Waals surface area contributed by atoms with Crippen molar-refractivity contribution in [1.82, 2.24) is 5.32 Å². The van der Waals surface area contributed by atoms with E-state index >= 15 is 0 Å². The van der Waals surface area contributed by atoms with Crippen LogP contribution in [0, 0.1) is 10.1 Å². The number of hydrogen-bond donors (Lipinski definition) is 2. The van der Waals surface area contributed by atoms with E-state index in [0.717, 1.165) is 0 Å². The Bertz CT molecular complexity index is 536. The lowest BCUT2D eigenvalue weighted by molar-refractivity contribution is -0.384. The molecule has 7 nitrogen and oxygen atoms in total. The molecule has 0 heterocycles. The number of benzene rings is 1. The van der Waals surface area contributed by atoms with Gasteiger partial charge in [0, 0.05) is 12.1 Å². The van der Waals surface area contributed by atoms with Crippen molar-refractivity contribution < 1.29 is 19.6 Å². The first kappa shape index (κ1) is 15.6.